The molecule has 0 radical (unpaired) electrons. The molecule has 1 amide bonds. The molecule has 1 aromatic carbocycles. The van der Waals surface area contributed by atoms with E-state index in [1.165, 1.54) is 13.2 Å². The van der Waals surface area contributed by atoms with Crippen molar-refractivity contribution in [2.45, 2.75) is 26.3 Å². The molecule has 4 N–H and O–H groups in total. The number of amides is 1. The van der Waals surface area contributed by atoms with Crippen molar-refractivity contribution in [2.24, 2.45) is 11.7 Å². The molecule has 0 saturated heterocycles. The van der Waals surface area contributed by atoms with Crippen molar-refractivity contribution in [3.8, 4) is 5.75 Å². The molecule has 0 fully saturated rings. The van der Waals surface area contributed by atoms with Crippen LogP contribution in [0, 0.1) is 5.92 Å². The summed E-state index contributed by atoms with van der Waals surface area (Å²) in [5.41, 5.74) is 12.5. The SMILES string of the molecule is COc1cc(N)c(Cl)cc1C(=O)N(C)CCC(N)C(C)C. The molecule has 0 aliphatic rings. The quantitative estimate of drug-likeness (QED) is 0.790. The fraction of sp³-hybridized carbons (Fsp3) is 0.533. The molecule has 0 aliphatic heterocycles. The zero-order valence-corrected chi connectivity index (χ0v) is 13.8. The molecule has 0 heterocycles. The van der Waals surface area contributed by atoms with E-state index in [-0.39, 0.29) is 11.9 Å². The number of carbonyl (C=O) groups excluding carboxylic acids is 1. The Bertz CT molecular complexity index is 506. The van der Waals surface area contributed by atoms with Crippen LogP contribution in [-0.2, 0) is 0 Å². The summed E-state index contributed by atoms with van der Waals surface area (Å²) in [4.78, 5) is 14.1. The number of rotatable bonds is 6. The Balaban J connectivity index is 2.85. The van der Waals surface area contributed by atoms with Gasteiger partial charge in [0.05, 0.1) is 23.4 Å². The van der Waals surface area contributed by atoms with Gasteiger partial charge in [0.25, 0.3) is 5.91 Å². The fourth-order valence-electron chi connectivity index (χ4n) is 1.89. The summed E-state index contributed by atoms with van der Waals surface area (Å²) in [6.07, 6.45) is 0.741. The highest BCUT2D eigenvalue weighted by Gasteiger charge is 2.19. The monoisotopic (exact) mass is 313 g/mol. The van der Waals surface area contributed by atoms with Gasteiger partial charge in [-0.15, -0.1) is 0 Å². The number of halogens is 1. The van der Waals surface area contributed by atoms with Crippen LogP contribution in [0.5, 0.6) is 5.75 Å². The number of benzene rings is 1. The highest BCUT2D eigenvalue weighted by Crippen LogP contribution is 2.29. The largest absolute Gasteiger partial charge is 0.496 e. The molecule has 118 valence electrons. The topological polar surface area (TPSA) is 81.6 Å². The lowest BCUT2D eigenvalue weighted by Gasteiger charge is -2.22. The predicted molar refractivity (Wildman–Crippen MR) is 86.8 cm³/mol. The minimum absolute atomic E-state index is 0.0668. The van der Waals surface area contributed by atoms with E-state index >= 15 is 0 Å². The first-order valence-corrected chi connectivity index (χ1v) is 7.29. The van der Waals surface area contributed by atoms with Gasteiger partial charge in [-0.3, -0.25) is 4.79 Å². The molecule has 1 unspecified atom stereocenters. The van der Waals surface area contributed by atoms with E-state index in [4.69, 9.17) is 27.8 Å². The standard InChI is InChI=1S/C15H24ClN3O2/c1-9(2)12(17)5-6-19(3)15(20)10-7-11(16)13(18)8-14(10)21-4/h7-9,12H,5-6,17-18H2,1-4H3. The number of nitrogen functional groups attached to an aromatic ring is 1. The Kier molecular flexibility index (Phi) is 6.30. The van der Waals surface area contributed by atoms with Gasteiger partial charge in [-0.1, -0.05) is 25.4 Å². The van der Waals surface area contributed by atoms with Crippen LogP contribution in [0.2, 0.25) is 5.02 Å². The van der Waals surface area contributed by atoms with Crippen molar-refractivity contribution < 1.29 is 9.53 Å². The second-order valence-electron chi connectivity index (χ2n) is 5.50. The summed E-state index contributed by atoms with van der Waals surface area (Å²) in [5, 5.41) is 0.339. The Hall–Kier alpha value is -1.46. The van der Waals surface area contributed by atoms with Gasteiger partial charge < -0.3 is 21.1 Å². The molecular weight excluding hydrogens is 290 g/mol. The summed E-state index contributed by atoms with van der Waals surface area (Å²) in [6, 6.07) is 3.16. The summed E-state index contributed by atoms with van der Waals surface area (Å²) >= 11 is 5.99. The maximum Gasteiger partial charge on any atom is 0.257 e. The summed E-state index contributed by atoms with van der Waals surface area (Å²) in [6.45, 7) is 4.70. The number of nitrogens with two attached hydrogens (primary N) is 2. The van der Waals surface area contributed by atoms with Crippen LogP contribution in [0.4, 0.5) is 5.69 Å². The minimum atomic E-state index is -0.162. The summed E-state index contributed by atoms with van der Waals surface area (Å²) in [7, 11) is 3.23. The van der Waals surface area contributed by atoms with Crippen LogP contribution < -0.4 is 16.2 Å². The Morgan fingerprint density at radius 3 is 2.57 bits per heavy atom. The minimum Gasteiger partial charge on any atom is -0.496 e. The second kappa shape index (κ2) is 7.52. The van der Waals surface area contributed by atoms with Gasteiger partial charge >= 0.3 is 0 Å². The van der Waals surface area contributed by atoms with Gasteiger partial charge in [-0.25, -0.2) is 0 Å². The molecule has 1 atom stereocenters. The molecule has 21 heavy (non-hydrogen) atoms. The van der Waals surface area contributed by atoms with Crippen LogP contribution in [0.3, 0.4) is 0 Å². The van der Waals surface area contributed by atoms with Crippen LogP contribution in [0.15, 0.2) is 12.1 Å². The first kappa shape index (κ1) is 17.6. The Labute approximate surface area is 131 Å². The Morgan fingerprint density at radius 2 is 2.05 bits per heavy atom. The third kappa shape index (κ3) is 4.51. The highest BCUT2D eigenvalue weighted by molar-refractivity contribution is 6.33. The first-order valence-electron chi connectivity index (χ1n) is 6.92. The summed E-state index contributed by atoms with van der Waals surface area (Å²) in [5.74, 6) is 0.639. The molecule has 0 spiro atoms. The van der Waals surface area contributed by atoms with Crippen LogP contribution >= 0.6 is 11.6 Å². The molecule has 0 saturated carbocycles. The number of anilines is 1. The third-order valence-electron chi connectivity index (χ3n) is 3.55. The smallest absolute Gasteiger partial charge is 0.257 e. The maximum absolute atomic E-state index is 12.5. The lowest BCUT2D eigenvalue weighted by Crippen LogP contribution is -2.34. The van der Waals surface area contributed by atoms with Crippen molar-refractivity contribution in [1.82, 2.24) is 4.90 Å². The zero-order chi connectivity index (χ0) is 16.2. The first-order chi connectivity index (χ1) is 9.77. The van der Waals surface area contributed by atoms with Crippen molar-refractivity contribution in [2.75, 3.05) is 26.4 Å². The normalized spacial score (nSPS) is 12.3. The molecule has 1 rings (SSSR count). The molecule has 1 aromatic rings. The van der Waals surface area contributed by atoms with E-state index in [0.717, 1.165) is 6.42 Å². The third-order valence-corrected chi connectivity index (χ3v) is 3.88. The second-order valence-corrected chi connectivity index (χ2v) is 5.90. The van der Waals surface area contributed by atoms with Gasteiger partial charge in [0, 0.05) is 25.7 Å². The van der Waals surface area contributed by atoms with E-state index in [1.54, 1.807) is 18.0 Å². The van der Waals surface area contributed by atoms with Crippen LogP contribution in [0.1, 0.15) is 30.6 Å². The van der Waals surface area contributed by atoms with Crippen LogP contribution in [-0.4, -0.2) is 37.6 Å². The van der Waals surface area contributed by atoms with E-state index in [1.807, 2.05) is 0 Å². The number of hydrogen-bond donors (Lipinski definition) is 2. The predicted octanol–water partition coefficient (Wildman–Crippen LogP) is 2.38. The van der Waals surface area contributed by atoms with Gasteiger partial charge in [0.1, 0.15) is 5.75 Å². The van der Waals surface area contributed by atoms with E-state index in [0.29, 0.717) is 34.5 Å². The van der Waals surface area contributed by atoms with E-state index < -0.39 is 0 Å². The zero-order valence-electron chi connectivity index (χ0n) is 13.0. The molecule has 0 aliphatic carbocycles. The fourth-order valence-corrected chi connectivity index (χ4v) is 2.05. The van der Waals surface area contributed by atoms with Crippen molar-refractivity contribution in [3.05, 3.63) is 22.7 Å². The van der Waals surface area contributed by atoms with Gasteiger partial charge in [0.2, 0.25) is 0 Å². The molecule has 0 aromatic heterocycles. The van der Waals surface area contributed by atoms with Crippen molar-refractivity contribution >= 4 is 23.2 Å². The average Bonchev–Trinajstić information content (AvgIpc) is 2.45. The van der Waals surface area contributed by atoms with Crippen molar-refractivity contribution in [3.63, 3.8) is 0 Å². The number of nitrogens with zero attached hydrogens (tertiary/aromatic N) is 1. The van der Waals surface area contributed by atoms with E-state index in [2.05, 4.69) is 13.8 Å². The Morgan fingerprint density at radius 1 is 1.43 bits per heavy atom. The lowest BCUT2D eigenvalue weighted by atomic mass is 10.0. The molecular formula is C15H24ClN3O2. The van der Waals surface area contributed by atoms with Crippen LogP contribution in [0.25, 0.3) is 0 Å². The highest BCUT2D eigenvalue weighted by atomic mass is 35.5. The number of ether oxygens (including phenoxy) is 1. The molecule has 6 heteroatoms. The lowest BCUT2D eigenvalue weighted by molar-refractivity contribution is 0.0786. The van der Waals surface area contributed by atoms with E-state index in [9.17, 15) is 4.79 Å². The maximum atomic E-state index is 12.5. The number of carbonyl (C=O) groups is 1. The van der Waals surface area contributed by atoms with Crippen molar-refractivity contribution in [1.29, 1.82) is 0 Å². The average molecular weight is 314 g/mol. The van der Waals surface area contributed by atoms with Gasteiger partial charge in [0.15, 0.2) is 0 Å². The number of methoxy groups -OCH3 is 1. The van der Waals surface area contributed by atoms with Gasteiger partial charge in [-0.2, -0.15) is 0 Å². The van der Waals surface area contributed by atoms with Gasteiger partial charge in [-0.05, 0) is 18.4 Å². The molecule has 0 bridgehead atoms. The number of hydrogen-bond acceptors (Lipinski definition) is 4. The summed E-state index contributed by atoms with van der Waals surface area (Å²) < 4.78 is 5.21. The molecule has 5 nitrogen and oxygen atoms in total.